The normalized spacial score (nSPS) is 27.0. The van der Waals surface area contributed by atoms with Crippen LogP contribution < -0.4 is 5.48 Å². The van der Waals surface area contributed by atoms with Crippen molar-refractivity contribution in [3.8, 4) is 0 Å². The monoisotopic (exact) mass is 780 g/mol. The van der Waals surface area contributed by atoms with Gasteiger partial charge in [0.15, 0.2) is 32.6 Å². The Bertz CT molecular complexity index is 2700. The molecule has 0 radical (unpaired) electrons. The molecule has 6 aliphatic heterocycles. The highest BCUT2D eigenvalue weighted by molar-refractivity contribution is 8.75. The van der Waals surface area contributed by atoms with Crippen molar-refractivity contribution in [2.24, 2.45) is 11.8 Å². The summed E-state index contributed by atoms with van der Waals surface area (Å²) in [5, 5.41) is -0.158. The third-order valence-corrected chi connectivity index (χ3v) is 19.9. The molecule has 270 valence electrons. The number of nitrogens with one attached hydrogen (secondary N) is 2. The molecule has 14 heteroatoms. The van der Waals surface area contributed by atoms with Crippen molar-refractivity contribution >= 4 is 98.7 Å². The van der Waals surface area contributed by atoms with E-state index in [4.69, 9.17) is 19.9 Å². The predicted octanol–water partition coefficient (Wildman–Crippen LogP) is 6.94. The summed E-state index contributed by atoms with van der Waals surface area (Å²) in [5.74, 6) is 0.493. The van der Waals surface area contributed by atoms with E-state index in [0.717, 1.165) is 54.7 Å². The topological polar surface area (TPSA) is 151 Å². The minimum Gasteiger partial charge on any atom is -0.340 e. The number of H-pyrrole nitrogens is 2. The van der Waals surface area contributed by atoms with E-state index in [9.17, 15) is 19.2 Å². The number of rotatable bonds is 9. The van der Waals surface area contributed by atoms with Gasteiger partial charge in [-0.2, -0.15) is 0 Å². The van der Waals surface area contributed by atoms with Crippen molar-refractivity contribution in [1.29, 1.82) is 0 Å². The first-order valence-electron chi connectivity index (χ1n) is 17.5. The van der Waals surface area contributed by atoms with Crippen molar-refractivity contribution in [3.63, 3.8) is 0 Å². The molecule has 6 atom stereocenters. The van der Waals surface area contributed by atoms with Gasteiger partial charge in [0.1, 0.15) is 11.1 Å². The number of thiol groups is 1. The molecule has 2 aromatic rings. The summed E-state index contributed by atoms with van der Waals surface area (Å²) in [4.78, 5) is 79.8. The Hall–Kier alpha value is -4.11. The SMILES string of the molecule is C=C(SC=O)C1=C(CC)c2nc1cc1[nH]c(nc(C(=C)C(C)/C=C\CC(=O)S)nc(C)cc3[nH]c(n2)c2c3C3C(=O)SC2C3C)=C2C3C=CC4C(=O)S=1243. The van der Waals surface area contributed by atoms with Crippen molar-refractivity contribution in [3.05, 3.63) is 98.8 Å². The van der Waals surface area contributed by atoms with E-state index in [1.54, 1.807) is 6.08 Å². The Morgan fingerprint density at radius 2 is 1.89 bits per heavy atom. The van der Waals surface area contributed by atoms with Crippen LogP contribution in [0.4, 0.5) is 0 Å². The van der Waals surface area contributed by atoms with Gasteiger partial charge >= 0.3 is 0 Å². The molecule has 2 N–H and O–H groups in total. The molecule has 3 saturated heterocycles. The van der Waals surface area contributed by atoms with Crippen LogP contribution in [0.5, 0.6) is 0 Å². The first-order valence-corrected chi connectivity index (χ1v) is 21.9. The summed E-state index contributed by atoms with van der Waals surface area (Å²) in [6.07, 6.45) is 8.59. The molecule has 1 aliphatic carbocycles. The molecular weight excluding hydrogens is 745 g/mol. The smallest absolute Gasteiger partial charge is 0.197 e. The van der Waals surface area contributed by atoms with Crippen molar-refractivity contribution in [2.45, 2.75) is 62.2 Å². The quantitative estimate of drug-likeness (QED) is 0.0803. The fourth-order valence-electron chi connectivity index (χ4n) is 9.16. The molecule has 3 fully saturated rings. The average molecular weight is 781 g/mol. The third-order valence-electron chi connectivity index (χ3n) is 11.7. The maximum absolute atomic E-state index is 14.0. The van der Waals surface area contributed by atoms with Gasteiger partial charge in [0.05, 0.1) is 21.5 Å². The molecule has 9 rings (SSSR count). The Morgan fingerprint density at radius 3 is 2.60 bits per heavy atom. The zero-order valence-corrected chi connectivity index (χ0v) is 32.8. The van der Waals surface area contributed by atoms with Crippen LogP contribution in [0.15, 0.2) is 54.5 Å². The fraction of sp³-hybridized carbons (Fsp3) is 0.308. The molecule has 0 saturated carbocycles. The van der Waals surface area contributed by atoms with E-state index < -0.39 is 8.75 Å². The third kappa shape index (κ3) is 4.37. The number of thioether (sulfide) groups is 2. The Morgan fingerprint density at radius 1 is 1.11 bits per heavy atom. The molecule has 0 amide bonds. The number of carbonyl (C=O) groups excluding carboxylic acids is 4. The summed E-state index contributed by atoms with van der Waals surface area (Å²) >= 11 is 6.26. The highest BCUT2D eigenvalue weighted by Crippen LogP contribution is 3.05. The van der Waals surface area contributed by atoms with Gasteiger partial charge in [-0.3, -0.25) is 19.2 Å². The van der Waals surface area contributed by atoms with E-state index in [2.05, 4.69) is 48.8 Å². The molecule has 8 heterocycles. The van der Waals surface area contributed by atoms with Gasteiger partial charge in [-0.05, 0) is 42.5 Å². The number of aromatic amines is 2. The maximum Gasteiger partial charge on any atom is 0.197 e. The highest BCUT2D eigenvalue weighted by Gasteiger charge is 2.87. The van der Waals surface area contributed by atoms with Gasteiger partial charge < -0.3 is 9.97 Å². The first-order chi connectivity index (χ1) is 25.4. The maximum atomic E-state index is 14.0. The zero-order valence-electron chi connectivity index (χ0n) is 29.4. The van der Waals surface area contributed by atoms with Crippen LogP contribution in [0.2, 0.25) is 0 Å². The Balaban J connectivity index is 1.41. The highest BCUT2D eigenvalue weighted by atomic mass is 32.3. The largest absolute Gasteiger partial charge is 0.340 e. The van der Waals surface area contributed by atoms with Gasteiger partial charge in [0.25, 0.3) is 0 Å². The van der Waals surface area contributed by atoms with E-state index >= 15 is 0 Å². The molecule has 10 nitrogen and oxygen atoms in total. The number of aromatic nitrogens is 6. The predicted molar refractivity (Wildman–Crippen MR) is 218 cm³/mol. The average Bonchev–Trinajstić information content (AvgIpc) is 3.44. The summed E-state index contributed by atoms with van der Waals surface area (Å²) < 4.78 is 0.797. The number of allylic oxidation sites excluding steroid dienone is 5. The van der Waals surface area contributed by atoms with Crippen LogP contribution in [0.1, 0.15) is 78.9 Å². The molecule has 0 aromatic carbocycles. The van der Waals surface area contributed by atoms with Crippen molar-refractivity contribution in [2.75, 3.05) is 0 Å². The molecule has 8 bridgehead atoms. The molecule has 2 aromatic heterocycles. The summed E-state index contributed by atoms with van der Waals surface area (Å²) in [6.45, 7) is 16.7. The second-order valence-electron chi connectivity index (χ2n) is 14.4. The van der Waals surface area contributed by atoms with Crippen LogP contribution in [-0.4, -0.2) is 61.4 Å². The van der Waals surface area contributed by atoms with Gasteiger partial charge in [-0.25, -0.2) is 19.9 Å². The minimum absolute atomic E-state index is 0.0360. The Kier molecular flexibility index (Phi) is 7.64. The summed E-state index contributed by atoms with van der Waals surface area (Å²) in [7, 11) is -2.86. The fourth-order valence-corrected chi connectivity index (χ4v) is 17.9. The van der Waals surface area contributed by atoms with Gasteiger partial charge in [0.2, 0.25) is 0 Å². The standard InChI is InChI=1S/C39H36N6O4S4/c1-7-21-29(20(6)51-15-46)23-14-26-43-37(33-24-11-12-25-39(49)53(24,25,26)33)44-34(18(4)16(2)9-8-10-27(47)50)40-17(3)13-22-30-28-19(5)32(52-38(28)48)31(30)36(42-22)45-35(21)41-23/h8-9,11-16,19,24-25,28,32H,4,6-7,10H2,1-3,5H3,(H,47,50)(H,40,43,44)(H,41,42,45)/b9-8-. The molecule has 1 spiro atoms. The number of aryl methyl sites for hydroxylation is 1. The molecular formula is C39H36N6O4S4. The lowest BCUT2D eigenvalue weighted by molar-refractivity contribution is -0.112. The minimum atomic E-state index is -2.86. The van der Waals surface area contributed by atoms with E-state index in [-0.39, 0.29) is 55.3 Å². The number of hydrogen-bond acceptors (Lipinski definition) is 10. The summed E-state index contributed by atoms with van der Waals surface area (Å²) in [6, 6.07) is 3.90. The molecule has 7 aliphatic rings. The van der Waals surface area contributed by atoms with Crippen LogP contribution in [0.25, 0.3) is 32.8 Å². The molecule has 6 unspecified atom stereocenters. The zero-order chi connectivity index (χ0) is 37.3. The summed E-state index contributed by atoms with van der Waals surface area (Å²) in [5.41, 5.74) is 8.12. The number of fused-ring (bicyclic) bond motifs is 14. The lowest BCUT2D eigenvalue weighted by Crippen LogP contribution is -2.14. The van der Waals surface area contributed by atoms with E-state index in [0.29, 0.717) is 51.1 Å². The first kappa shape index (κ1) is 34.6. The number of nitrogens with zero attached hydrogens (tertiary/aromatic N) is 4. The van der Waals surface area contributed by atoms with Gasteiger partial charge in [-0.1, -0.05) is 81.8 Å². The second kappa shape index (κ2) is 11.7. The lowest BCUT2D eigenvalue weighted by Gasteiger charge is -2.09. The van der Waals surface area contributed by atoms with Gasteiger partial charge in [-0.15, -0.1) is 21.4 Å². The number of carbonyl (C=O) groups is 4. The Labute approximate surface area is 318 Å². The van der Waals surface area contributed by atoms with Crippen LogP contribution in [0, 0.1) is 23.4 Å². The number of hydrogen-bond donors (Lipinski definition) is 3. The van der Waals surface area contributed by atoms with Crippen LogP contribution in [-0.2, 0) is 19.2 Å². The molecule has 53 heavy (non-hydrogen) atoms. The second-order valence-corrected chi connectivity index (χ2v) is 21.6. The van der Waals surface area contributed by atoms with E-state index in [1.807, 2.05) is 45.1 Å². The van der Waals surface area contributed by atoms with E-state index in [1.165, 1.54) is 11.8 Å². The lowest BCUT2D eigenvalue weighted by atomic mass is 9.96. The van der Waals surface area contributed by atoms with Gasteiger partial charge in [0, 0.05) is 60.6 Å². The van der Waals surface area contributed by atoms with Crippen LogP contribution in [0.3, 0.4) is 0 Å². The van der Waals surface area contributed by atoms with Crippen molar-refractivity contribution in [1.82, 2.24) is 29.9 Å². The van der Waals surface area contributed by atoms with Crippen molar-refractivity contribution < 1.29 is 19.2 Å². The van der Waals surface area contributed by atoms with Crippen LogP contribution >= 0.6 is 44.9 Å².